The third-order valence-electron chi connectivity index (χ3n) is 1.76. The van der Waals surface area contributed by atoms with Crippen molar-refractivity contribution in [2.75, 3.05) is 19.1 Å². The van der Waals surface area contributed by atoms with Crippen molar-refractivity contribution in [1.82, 2.24) is 5.32 Å². The second-order valence-electron chi connectivity index (χ2n) is 2.87. The van der Waals surface area contributed by atoms with Gasteiger partial charge in [0.1, 0.15) is 11.5 Å². The van der Waals surface area contributed by atoms with Crippen LogP contribution in [0.1, 0.15) is 19.8 Å². The Hall–Kier alpha value is -0.0600. The minimum atomic E-state index is -0.736. The van der Waals surface area contributed by atoms with Crippen LogP contribution in [0.4, 0.5) is 0 Å². The molecule has 1 N–H and O–H groups in total. The van der Waals surface area contributed by atoms with Gasteiger partial charge in [0.25, 0.3) is 0 Å². The second kappa shape index (κ2) is 6.46. The lowest BCUT2D eigenvalue weighted by atomic mass is 10.1. The van der Waals surface area contributed by atoms with Crippen LogP contribution in [0, 0.1) is 0 Å². The zero-order chi connectivity index (χ0) is 9.56. The zero-order valence-electron chi connectivity index (χ0n) is 7.92. The van der Waals surface area contributed by atoms with Gasteiger partial charge in [-0.05, 0) is 26.8 Å². The summed E-state index contributed by atoms with van der Waals surface area (Å²) in [5.41, 5.74) is 0. The molecule has 0 aromatic rings. The summed E-state index contributed by atoms with van der Waals surface area (Å²) in [4.78, 5) is 10.9. The maximum Gasteiger partial charge on any atom is 0.146 e. The molecule has 0 amide bonds. The molecular weight excluding hydrogens is 174 g/mol. The maximum atomic E-state index is 10.9. The molecule has 0 aromatic carbocycles. The highest BCUT2D eigenvalue weighted by molar-refractivity contribution is 7.90. The average Bonchev–Trinajstić information content (AvgIpc) is 1.96. The Bertz CT molecular complexity index is 139. The molecule has 0 aliphatic heterocycles. The lowest BCUT2D eigenvalue weighted by Gasteiger charge is -2.12. The van der Waals surface area contributed by atoms with Crippen LogP contribution in [0.15, 0.2) is 0 Å². The summed E-state index contributed by atoms with van der Waals surface area (Å²) >= 11 is -0.736. The van der Waals surface area contributed by atoms with E-state index in [9.17, 15) is 9.35 Å². The zero-order valence-corrected chi connectivity index (χ0v) is 8.74. The van der Waals surface area contributed by atoms with Gasteiger partial charge < -0.3 is 9.87 Å². The molecular formula is C8H17NO2S. The van der Waals surface area contributed by atoms with Gasteiger partial charge in [-0.1, -0.05) is 11.2 Å². The number of ketones is 1. The van der Waals surface area contributed by atoms with E-state index in [1.54, 1.807) is 20.2 Å². The number of likely N-dealkylation sites (N-methyl/N-ethyl adjacent to an activating group) is 1. The monoisotopic (exact) mass is 191 g/mol. The molecule has 0 spiro atoms. The topological polar surface area (TPSA) is 52.2 Å². The van der Waals surface area contributed by atoms with Gasteiger partial charge in [-0.15, -0.1) is 0 Å². The van der Waals surface area contributed by atoms with Crippen molar-refractivity contribution in [1.29, 1.82) is 0 Å². The van der Waals surface area contributed by atoms with Crippen molar-refractivity contribution in [2.24, 2.45) is 0 Å². The molecule has 72 valence electrons. The lowest BCUT2D eigenvalue weighted by molar-refractivity contribution is -0.119. The van der Waals surface area contributed by atoms with Gasteiger partial charge in [0.2, 0.25) is 0 Å². The van der Waals surface area contributed by atoms with Crippen LogP contribution >= 0.6 is 0 Å². The number of Topliss-reactive ketones (excluding diaryl/α,β-unsaturated/α-hetero) is 1. The van der Waals surface area contributed by atoms with Crippen molar-refractivity contribution < 1.29 is 9.35 Å². The summed E-state index contributed by atoms with van der Waals surface area (Å²) in [6.45, 7) is 1.57. The Labute approximate surface area is 77.1 Å². The Morgan fingerprint density at radius 1 is 1.67 bits per heavy atom. The van der Waals surface area contributed by atoms with Crippen LogP contribution in [-0.2, 0) is 16.0 Å². The number of carbonyl (C=O) groups is 1. The number of nitrogens with one attached hydrogen (secondary N) is 1. The molecule has 4 heteroatoms. The Kier molecular flexibility index (Phi) is 6.42. The van der Waals surface area contributed by atoms with Crippen LogP contribution in [0.5, 0.6) is 0 Å². The SMILES string of the molecule is CN[C@H](CCC[S+](C)[O-])C(C)=O. The summed E-state index contributed by atoms with van der Waals surface area (Å²) in [5, 5.41) is 2.93. The molecule has 0 radical (unpaired) electrons. The van der Waals surface area contributed by atoms with Gasteiger partial charge >= 0.3 is 0 Å². The Morgan fingerprint density at radius 3 is 2.58 bits per heavy atom. The first-order valence-corrected chi connectivity index (χ1v) is 5.78. The number of carbonyl (C=O) groups excluding carboxylic acids is 1. The third-order valence-corrected chi connectivity index (χ3v) is 2.63. The fourth-order valence-electron chi connectivity index (χ4n) is 1.04. The normalized spacial score (nSPS) is 15.7. The number of hydrogen-bond donors (Lipinski definition) is 1. The number of rotatable bonds is 6. The van der Waals surface area contributed by atoms with Gasteiger partial charge in [0.15, 0.2) is 0 Å². The van der Waals surface area contributed by atoms with Crippen molar-refractivity contribution in [2.45, 2.75) is 25.8 Å². The molecule has 0 bridgehead atoms. The molecule has 0 saturated heterocycles. The van der Waals surface area contributed by atoms with Gasteiger partial charge in [0.05, 0.1) is 12.3 Å². The summed E-state index contributed by atoms with van der Waals surface area (Å²) in [5.74, 6) is 0.838. The minimum Gasteiger partial charge on any atom is -0.617 e. The van der Waals surface area contributed by atoms with Gasteiger partial charge in [-0.2, -0.15) is 0 Å². The van der Waals surface area contributed by atoms with Crippen LogP contribution < -0.4 is 5.32 Å². The van der Waals surface area contributed by atoms with Crippen LogP contribution in [-0.4, -0.2) is 35.4 Å². The molecule has 0 aromatic heterocycles. The van der Waals surface area contributed by atoms with E-state index in [4.69, 9.17) is 0 Å². The summed E-state index contributed by atoms with van der Waals surface area (Å²) in [7, 11) is 1.77. The van der Waals surface area contributed by atoms with E-state index in [0.717, 1.165) is 12.8 Å². The molecule has 0 fully saturated rings. The molecule has 0 saturated carbocycles. The molecule has 1 unspecified atom stereocenters. The van der Waals surface area contributed by atoms with Crippen LogP contribution in [0.3, 0.4) is 0 Å². The van der Waals surface area contributed by atoms with Crippen molar-refractivity contribution in [3.8, 4) is 0 Å². The fourth-order valence-corrected chi connectivity index (χ4v) is 1.61. The first-order valence-electron chi connectivity index (χ1n) is 4.05. The molecule has 0 aliphatic rings. The molecule has 0 rings (SSSR count). The highest BCUT2D eigenvalue weighted by Gasteiger charge is 2.11. The summed E-state index contributed by atoms with van der Waals surface area (Å²) in [6, 6.07) is -0.0615. The molecule has 3 nitrogen and oxygen atoms in total. The Morgan fingerprint density at radius 2 is 2.25 bits per heavy atom. The quantitative estimate of drug-likeness (QED) is 0.615. The van der Waals surface area contributed by atoms with Gasteiger partial charge in [-0.3, -0.25) is 4.79 Å². The van der Waals surface area contributed by atoms with Gasteiger partial charge in [0, 0.05) is 0 Å². The van der Waals surface area contributed by atoms with E-state index in [2.05, 4.69) is 5.32 Å². The molecule has 0 heterocycles. The van der Waals surface area contributed by atoms with E-state index in [1.807, 2.05) is 0 Å². The van der Waals surface area contributed by atoms with Crippen molar-refractivity contribution >= 4 is 17.0 Å². The van der Waals surface area contributed by atoms with E-state index in [0.29, 0.717) is 5.75 Å². The standard InChI is InChI=1S/C8H17NO2S/c1-7(10)8(9-2)5-4-6-12(3)11/h8-9H,4-6H2,1-3H3/t8-,12?/m1/s1. The third kappa shape index (κ3) is 5.57. The Balaban J connectivity index is 3.52. The highest BCUT2D eigenvalue weighted by atomic mass is 32.2. The fraction of sp³-hybridized carbons (Fsp3) is 0.875. The lowest BCUT2D eigenvalue weighted by Crippen LogP contribution is -2.32. The van der Waals surface area contributed by atoms with E-state index in [1.165, 1.54) is 0 Å². The molecule has 12 heavy (non-hydrogen) atoms. The predicted molar refractivity (Wildman–Crippen MR) is 51.7 cm³/mol. The number of hydrogen-bond acceptors (Lipinski definition) is 3. The first-order chi connectivity index (χ1) is 5.57. The summed E-state index contributed by atoms with van der Waals surface area (Å²) < 4.78 is 10.7. The second-order valence-corrected chi connectivity index (χ2v) is 4.43. The average molecular weight is 191 g/mol. The van der Waals surface area contributed by atoms with E-state index in [-0.39, 0.29) is 11.8 Å². The predicted octanol–water partition coefficient (Wildman–Crippen LogP) is 0.322. The largest absolute Gasteiger partial charge is 0.617 e. The van der Waals surface area contributed by atoms with Crippen molar-refractivity contribution in [3.63, 3.8) is 0 Å². The first kappa shape index (κ1) is 11.9. The minimum absolute atomic E-state index is 0.0615. The van der Waals surface area contributed by atoms with Crippen LogP contribution in [0.2, 0.25) is 0 Å². The van der Waals surface area contributed by atoms with Crippen molar-refractivity contribution in [3.05, 3.63) is 0 Å². The summed E-state index contributed by atoms with van der Waals surface area (Å²) in [6.07, 6.45) is 3.31. The maximum absolute atomic E-state index is 10.9. The van der Waals surface area contributed by atoms with E-state index < -0.39 is 11.2 Å². The van der Waals surface area contributed by atoms with Gasteiger partial charge in [-0.25, -0.2) is 0 Å². The molecule has 2 atom stereocenters. The van der Waals surface area contributed by atoms with Crippen LogP contribution in [0.25, 0.3) is 0 Å². The smallest absolute Gasteiger partial charge is 0.146 e. The highest BCUT2D eigenvalue weighted by Crippen LogP contribution is 2.00. The van der Waals surface area contributed by atoms with E-state index >= 15 is 0 Å². The molecule has 0 aliphatic carbocycles.